The van der Waals surface area contributed by atoms with Gasteiger partial charge in [-0.25, -0.2) is 0 Å². The Labute approximate surface area is 96.1 Å². The molecule has 84 valence electrons. The smallest absolute Gasteiger partial charge is 0.114 e. The van der Waals surface area contributed by atoms with Crippen LogP contribution in [0, 0.1) is 0 Å². The first kappa shape index (κ1) is 12.4. The highest BCUT2D eigenvalue weighted by Crippen LogP contribution is 2.15. The van der Waals surface area contributed by atoms with Gasteiger partial charge in [0.15, 0.2) is 0 Å². The van der Waals surface area contributed by atoms with Crippen molar-refractivity contribution in [1.82, 2.24) is 5.32 Å². The molecule has 0 aromatic carbocycles. The van der Waals surface area contributed by atoms with Crippen molar-refractivity contribution in [3.05, 3.63) is 36.3 Å². The number of hydrogen-bond donors (Lipinski definition) is 1. The van der Waals surface area contributed by atoms with Crippen LogP contribution in [0.4, 0.5) is 0 Å². The summed E-state index contributed by atoms with van der Waals surface area (Å²) >= 11 is 1.89. The predicted octanol–water partition coefficient (Wildman–Crippen LogP) is 2.85. The van der Waals surface area contributed by atoms with Crippen LogP contribution in [-0.2, 0) is 12.2 Å². The molecule has 0 spiro atoms. The number of rotatable bonds is 8. The van der Waals surface area contributed by atoms with Crippen LogP contribution in [0.5, 0.6) is 0 Å². The van der Waals surface area contributed by atoms with E-state index in [0.29, 0.717) is 0 Å². The van der Waals surface area contributed by atoms with Crippen molar-refractivity contribution in [3.63, 3.8) is 0 Å². The molecule has 0 bridgehead atoms. The van der Waals surface area contributed by atoms with Gasteiger partial charge >= 0.3 is 0 Å². The third-order valence-electron chi connectivity index (χ3n) is 2.02. The van der Waals surface area contributed by atoms with Gasteiger partial charge < -0.3 is 9.73 Å². The van der Waals surface area contributed by atoms with Gasteiger partial charge in [-0.3, -0.25) is 0 Å². The average molecular weight is 225 g/mol. The molecule has 1 aromatic heterocycles. The number of aryl methyl sites for hydroxylation is 1. The largest absolute Gasteiger partial charge is 0.465 e. The van der Waals surface area contributed by atoms with Crippen LogP contribution in [0.15, 0.2) is 29.2 Å². The maximum Gasteiger partial charge on any atom is 0.114 e. The van der Waals surface area contributed by atoms with Crippen molar-refractivity contribution < 1.29 is 4.42 Å². The molecular weight excluding hydrogens is 206 g/mol. The Morgan fingerprint density at radius 3 is 2.93 bits per heavy atom. The number of nitrogens with one attached hydrogen (secondary N) is 1. The topological polar surface area (TPSA) is 25.2 Å². The third kappa shape index (κ3) is 5.09. The fraction of sp³-hybridized carbons (Fsp3) is 0.500. The Morgan fingerprint density at radius 1 is 1.47 bits per heavy atom. The normalized spacial score (nSPS) is 10.5. The second-order valence-corrected chi connectivity index (χ2v) is 4.37. The lowest BCUT2D eigenvalue weighted by atomic mass is 10.4. The summed E-state index contributed by atoms with van der Waals surface area (Å²) in [5, 5.41) is 3.27. The maximum absolute atomic E-state index is 5.60. The molecule has 1 heterocycles. The molecule has 0 radical (unpaired) electrons. The molecule has 0 aliphatic rings. The highest BCUT2D eigenvalue weighted by Gasteiger charge is 1.99. The lowest BCUT2D eigenvalue weighted by Gasteiger charge is -2.00. The molecule has 3 heteroatoms. The highest BCUT2D eigenvalue weighted by atomic mass is 32.2. The van der Waals surface area contributed by atoms with Crippen LogP contribution in [-0.4, -0.2) is 18.8 Å². The van der Waals surface area contributed by atoms with Crippen molar-refractivity contribution in [2.24, 2.45) is 0 Å². The monoisotopic (exact) mass is 225 g/mol. The fourth-order valence-corrected chi connectivity index (χ4v) is 2.00. The van der Waals surface area contributed by atoms with Gasteiger partial charge in [0.25, 0.3) is 0 Å². The van der Waals surface area contributed by atoms with E-state index in [0.717, 1.165) is 42.5 Å². The first-order valence-corrected chi connectivity index (χ1v) is 6.49. The average Bonchev–Trinajstić information content (AvgIpc) is 2.71. The lowest BCUT2D eigenvalue weighted by Crippen LogP contribution is -2.16. The van der Waals surface area contributed by atoms with E-state index >= 15 is 0 Å². The van der Waals surface area contributed by atoms with Crippen LogP contribution in [0.2, 0.25) is 0 Å². The standard InChI is InChI=1S/C12H19NOS/c1-3-7-13-8-9-15-10-12-6-5-11(4-2)14-12/h3,5-6,13H,1,4,7-10H2,2H3. The van der Waals surface area contributed by atoms with Gasteiger partial charge in [-0.15, -0.1) is 6.58 Å². The Hall–Kier alpha value is -0.670. The van der Waals surface area contributed by atoms with Crippen molar-refractivity contribution in [1.29, 1.82) is 0 Å². The molecule has 0 saturated carbocycles. The lowest BCUT2D eigenvalue weighted by molar-refractivity contribution is 0.485. The maximum atomic E-state index is 5.60. The summed E-state index contributed by atoms with van der Waals surface area (Å²) in [6.45, 7) is 7.68. The second kappa shape index (κ2) is 7.60. The number of hydrogen-bond acceptors (Lipinski definition) is 3. The second-order valence-electron chi connectivity index (χ2n) is 3.27. The van der Waals surface area contributed by atoms with Gasteiger partial charge in [0.05, 0.1) is 5.75 Å². The van der Waals surface area contributed by atoms with E-state index in [-0.39, 0.29) is 0 Å². The molecule has 2 nitrogen and oxygen atoms in total. The molecule has 0 unspecified atom stereocenters. The summed E-state index contributed by atoms with van der Waals surface area (Å²) in [4.78, 5) is 0. The first-order valence-electron chi connectivity index (χ1n) is 5.33. The molecule has 1 N–H and O–H groups in total. The minimum atomic E-state index is 0.890. The van der Waals surface area contributed by atoms with Crippen LogP contribution < -0.4 is 5.32 Å². The molecule has 15 heavy (non-hydrogen) atoms. The molecule has 0 aliphatic heterocycles. The summed E-state index contributed by atoms with van der Waals surface area (Å²) in [6.07, 6.45) is 2.86. The van der Waals surface area contributed by atoms with Crippen LogP contribution in [0.25, 0.3) is 0 Å². The Morgan fingerprint density at radius 2 is 2.27 bits per heavy atom. The summed E-state index contributed by atoms with van der Waals surface area (Å²) in [5.41, 5.74) is 0. The van der Waals surface area contributed by atoms with E-state index in [1.807, 2.05) is 17.8 Å². The molecular formula is C12H19NOS. The van der Waals surface area contributed by atoms with Crippen LogP contribution >= 0.6 is 11.8 Å². The zero-order valence-corrected chi connectivity index (χ0v) is 10.1. The predicted molar refractivity (Wildman–Crippen MR) is 67.3 cm³/mol. The molecule has 0 fully saturated rings. The third-order valence-corrected chi connectivity index (χ3v) is 3.00. The number of thioether (sulfide) groups is 1. The molecule has 1 rings (SSSR count). The molecule has 0 atom stereocenters. The first-order chi connectivity index (χ1) is 7.36. The van der Waals surface area contributed by atoms with Gasteiger partial charge in [0.2, 0.25) is 0 Å². The van der Waals surface area contributed by atoms with E-state index in [1.54, 1.807) is 0 Å². The van der Waals surface area contributed by atoms with E-state index in [2.05, 4.69) is 31.0 Å². The van der Waals surface area contributed by atoms with Crippen LogP contribution in [0.1, 0.15) is 18.4 Å². The highest BCUT2D eigenvalue weighted by molar-refractivity contribution is 7.98. The number of furan rings is 1. The molecule has 0 saturated heterocycles. The van der Waals surface area contributed by atoms with E-state index in [1.165, 1.54) is 0 Å². The van der Waals surface area contributed by atoms with Gasteiger partial charge in [-0.1, -0.05) is 13.0 Å². The Bertz CT molecular complexity index is 283. The van der Waals surface area contributed by atoms with Crippen LogP contribution in [0.3, 0.4) is 0 Å². The zero-order valence-electron chi connectivity index (χ0n) is 9.29. The van der Waals surface area contributed by atoms with Crippen molar-refractivity contribution in [3.8, 4) is 0 Å². The van der Waals surface area contributed by atoms with Gasteiger partial charge in [-0.2, -0.15) is 11.8 Å². The SMILES string of the molecule is C=CCNCCSCc1ccc(CC)o1. The minimum Gasteiger partial charge on any atom is -0.465 e. The van der Waals surface area contributed by atoms with Crippen molar-refractivity contribution in [2.45, 2.75) is 19.1 Å². The van der Waals surface area contributed by atoms with Crippen molar-refractivity contribution in [2.75, 3.05) is 18.8 Å². The summed E-state index contributed by atoms with van der Waals surface area (Å²) in [6, 6.07) is 4.13. The summed E-state index contributed by atoms with van der Waals surface area (Å²) < 4.78 is 5.60. The van der Waals surface area contributed by atoms with Gasteiger partial charge in [-0.05, 0) is 12.1 Å². The molecule has 1 aromatic rings. The molecule has 0 amide bonds. The summed E-state index contributed by atoms with van der Waals surface area (Å²) in [7, 11) is 0. The van der Waals surface area contributed by atoms with Crippen molar-refractivity contribution >= 4 is 11.8 Å². The van der Waals surface area contributed by atoms with E-state index in [9.17, 15) is 0 Å². The Balaban J connectivity index is 2.06. The minimum absolute atomic E-state index is 0.890. The fourth-order valence-electron chi connectivity index (χ4n) is 1.21. The molecule has 0 aliphatic carbocycles. The van der Waals surface area contributed by atoms with E-state index < -0.39 is 0 Å². The Kier molecular flexibility index (Phi) is 6.28. The quantitative estimate of drug-likeness (QED) is 0.544. The van der Waals surface area contributed by atoms with E-state index in [4.69, 9.17) is 4.42 Å². The summed E-state index contributed by atoms with van der Waals surface area (Å²) in [5.74, 6) is 4.24. The van der Waals surface area contributed by atoms with Gasteiger partial charge in [0.1, 0.15) is 11.5 Å². The zero-order chi connectivity index (χ0) is 10.9. The van der Waals surface area contributed by atoms with Gasteiger partial charge in [0, 0.05) is 25.3 Å².